The molecule has 0 aliphatic carbocycles. The van der Waals surface area contributed by atoms with Gasteiger partial charge in [0.25, 0.3) is 0 Å². The van der Waals surface area contributed by atoms with Gasteiger partial charge in [0, 0.05) is 18.2 Å². The van der Waals surface area contributed by atoms with Crippen molar-refractivity contribution in [1.82, 2.24) is 4.31 Å². The number of rotatable bonds is 5. The molecule has 1 aliphatic rings. The van der Waals surface area contributed by atoms with E-state index in [9.17, 15) is 8.42 Å². The third kappa shape index (κ3) is 3.44. The quantitative estimate of drug-likeness (QED) is 0.845. The second-order valence-electron chi connectivity index (χ2n) is 5.41. The number of benzene rings is 1. The van der Waals surface area contributed by atoms with E-state index in [1.165, 1.54) is 0 Å². The molecule has 2 N–H and O–H groups in total. The molecule has 1 heterocycles. The monoisotopic (exact) mass is 326 g/mol. The Bertz CT molecular complexity index is 612. The SMILES string of the molecule is CCCC1CCCCN1S(=O)(=O)c1ccccc1C(N)=S. The van der Waals surface area contributed by atoms with Gasteiger partial charge in [0.2, 0.25) is 10.0 Å². The normalized spacial score (nSPS) is 20.3. The van der Waals surface area contributed by atoms with E-state index in [-0.39, 0.29) is 15.9 Å². The Labute approximate surface area is 132 Å². The molecule has 6 heteroatoms. The summed E-state index contributed by atoms with van der Waals surface area (Å²) in [6.07, 6.45) is 4.81. The van der Waals surface area contributed by atoms with Gasteiger partial charge in [0.05, 0.1) is 4.90 Å². The fourth-order valence-electron chi connectivity index (χ4n) is 2.93. The number of thiocarbonyl (C=S) groups is 1. The molecule has 1 unspecified atom stereocenters. The number of nitrogens with two attached hydrogens (primary N) is 1. The molecule has 2 rings (SSSR count). The maximum absolute atomic E-state index is 13.0. The van der Waals surface area contributed by atoms with Crippen molar-refractivity contribution in [1.29, 1.82) is 0 Å². The first-order valence-corrected chi connectivity index (χ1v) is 9.24. The molecule has 0 bridgehead atoms. The van der Waals surface area contributed by atoms with Crippen LogP contribution in [0.1, 0.15) is 44.6 Å². The molecule has 116 valence electrons. The molecule has 4 nitrogen and oxygen atoms in total. The number of nitrogens with zero attached hydrogens (tertiary/aromatic N) is 1. The molecule has 1 fully saturated rings. The molecule has 0 radical (unpaired) electrons. The van der Waals surface area contributed by atoms with Crippen LogP contribution in [0, 0.1) is 0 Å². The average Bonchev–Trinajstić information content (AvgIpc) is 2.48. The van der Waals surface area contributed by atoms with Gasteiger partial charge in [-0.25, -0.2) is 8.42 Å². The molecule has 0 aromatic heterocycles. The maximum Gasteiger partial charge on any atom is 0.244 e. The summed E-state index contributed by atoms with van der Waals surface area (Å²) in [6, 6.07) is 6.84. The van der Waals surface area contributed by atoms with Crippen LogP contribution in [0.4, 0.5) is 0 Å². The van der Waals surface area contributed by atoms with Crippen molar-refractivity contribution in [3.63, 3.8) is 0 Å². The number of hydrogen-bond acceptors (Lipinski definition) is 3. The highest BCUT2D eigenvalue weighted by Crippen LogP contribution is 2.29. The van der Waals surface area contributed by atoms with Crippen molar-refractivity contribution in [2.24, 2.45) is 5.73 Å². The van der Waals surface area contributed by atoms with Gasteiger partial charge in [-0.05, 0) is 25.3 Å². The van der Waals surface area contributed by atoms with Gasteiger partial charge in [-0.1, -0.05) is 50.2 Å². The molecule has 1 saturated heterocycles. The van der Waals surface area contributed by atoms with Crippen molar-refractivity contribution < 1.29 is 8.42 Å². The first-order valence-electron chi connectivity index (χ1n) is 7.39. The van der Waals surface area contributed by atoms with Gasteiger partial charge in [0.1, 0.15) is 4.99 Å². The third-order valence-corrected chi connectivity index (χ3v) is 6.16. The van der Waals surface area contributed by atoms with E-state index in [4.69, 9.17) is 18.0 Å². The van der Waals surface area contributed by atoms with Crippen molar-refractivity contribution in [2.75, 3.05) is 6.54 Å². The van der Waals surface area contributed by atoms with Gasteiger partial charge in [-0.15, -0.1) is 0 Å². The largest absolute Gasteiger partial charge is 0.389 e. The predicted molar refractivity (Wildman–Crippen MR) is 88.8 cm³/mol. The van der Waals surface area contributed by atoms with E-state index < -0.39 is 10.0 Å². The van der Waals surface area contributed by atoms with E-state index in [0.717, 1.165) is 32.1 Å². The predicted octanol–water partition coefficient (Wildman–Crippen LogP) is 2.66. The van der Waals surface area contributed by atoms with Crippen LogP contribution < -0.4 is 5.73 Å². The Morgan fingerprint density at radius 3 is 2.76 bits per heavy atom. The Kier molecular flexibility index (Phi) is 5.35. The Hall–Kier alpha value is -0.980. The maximum atomic E-state index is 13.0. The standard InChI is InChI=1S/C15H22N2O2S2/c1-2-7-12-8-5-6-11-17(12)21(18,19)14-10-4-3-9-13(14)15(16)20/h3-4,9-10,12H,2,5-8,11H2,1H3,(H2,16,20). The lowest BCUT2D eigenvalue weighted by Gasteiger charge is -2.35. The summed E-state index contributed by atoms with van der Waals surface area (Å²) in [5.41, 5.74) is 6.12. The molecule has 0 amide bonds. The minimum Gasteiger partial charge on any atom is -0.389 e. The van der Waals surface area contributed by atoms with E-state index in [1.54, 1.807) is 28.6 Å². The summed E-state index contributed by atoms with van der Waals surface area (Å²) in [4.78, 5) is 0.360. The molecule has 0 saturated carbocycles. The summed E-state index contributed by atoms with van der Waals surface area (Å²) in [5, 5.41) is 0. The summed E-state index contributed by atoms with van der Waals surface area (Å²) < 4.78 is 27.7. The molecular formula is C15H22N2O2S2. The molecule has 1 aromatic carbocycles. The highest BCUT2D eigenvalue weighted by Gasteiger charge is 2.34. The zero-order chi connectivity index (χ0) is 15.5. The van der Waals surface area contributed by atoms with E-state index in [1.807, 2.05) is 0 Å². The fraction of sp³-hybridized carbons (Fsp3) is 0.533. The van der Waals surface area contributed by atoms with Crippen molar-refractivity contribution in [3.8, 4) is 0 Å². The van der Waals surface area contributed by atoms with Gasteiger partial charge in [0.15, 0.2) is 0 Å². The fourth-order valence-corrected chi connectivity index (χ4v) is 5.11. The number of hydrogen-bond donors (Lipinski definition) is 1. The molecule has 1 aliphatic heterocycles. The van der Waals surface area contributed by atoms with Gasteiger partial charge in [-0.3, -0.25) is 0 Å². The number of piperidine rings is 1. The average molecular weight is 326 g/mol. The third-order valence-electron chi connectivity index (χ3n) is 3.93. The lowest BCUT2D eigenvalue weighted by atomic mass is 10.0. The van der Waals surface area contributed by atoms with E-state index in [0.29, 0.717) is 12.1 Å². The smallest absolute Gasteiger partial charge is 0.244 e. The van der Waals surface area contributed by atoms with Crippen LogP contribution in [-0.4, -0.2) is 30.3 Å². The summed E-state index contributed by atoms with van der Waals surface area (Å²) in [5.74, 6) is 0. The highest BCUT2D eigenvalue weighted by molar-refractivity contribution is 7.89. The summed E-state index contributed by atoms with van der Waals surface area (Å²) in [7, 11) is -3.54. The van der Waals surface area contributed by atoms with Crippen LogP contribution in [0.3, 0.4) is 0 Å². The second-order valence-corrected chi connectivity index (χ2v) is 7.71. The van der Waals surface area contributed by atoms with Gasteiger partial charge in [-0.2, -0.15) is 4.31 Å². The first-order chi connectivity index (χ1) is 9.98. The van der Waals surface area contributed by atoms with Crippen molar-refractivity contribution in [2.45, 2.75) is 50.0 Å². The van der Waals surface area contributed by atoms with Gasteiger partial charge >= 0.3 is 0 Å². The molecule has 1 atom stereocenters. The van der Waals surface area contributed by atoms with Crippen LogP contribution >= 0.6 is 12.2 Å². The topological polar surface area (TPSA) is 63.4 Å². The van der Waals surface area contributed by atoms with Crippen LogP contribution in [-0.2, 0) is 10.0 Å². The van der Waals surface area contributed by atoms with Crippen LogP contribution in [0.25, 0.3) is 0 Å². The van der Waals surface area contributed by atoms with Crippen molar-refractivity contribution in [3.05, 3.63) is 29.8 Å². The van der Waals surface area contributed by atoms with Crippen LogP contribution in [0.5, 0.6) is 0 Å². The molecule has 21 heavy (non-hydrogen) atoms. The van der Waals surface area contributed by atoms with Crippen LogP contribution in [0.2, 0.25) is 0 Å². The Balaban J connectivity index is 2.43. The lowest BCUT2D eigenvalue weighted by molar-refractivity contribution is 0.239. The Morgan fingerprint density at radius 2 is 2.10 bits per heavy atom. The van der Waals surface area contributed by atoms with E-state index >= 15 is 0 Å². The summed E-state index contributed by atoms with van der Waals surface area (Å²) >= 11 is 5.00. The first kappa shape index (κ1) is 16.4. The molecular weight excluding hydrogens is 304 g/mol. The zero-order valence-corrected chi connectivity index (χ0v) is 13.9. The minimum absolute atomic E-state index is 0.0909. The number of sulfonamides is 1. The zero-order valence-electron chi connectivity index (χ0n) is 12.3. The Morgan fingerprint density at radius 1 is 1.38 bits per heavy atom. The van der Waals surface area contributed by atoms with E-state index in [2.05, 4.69) is 6.92 Å². The van der Waals surface area contributed by atoms with Crippen LogP contribution in [0.15, 0.2) is 29.2 Å². The second kappa shape index (κ2) is 6.85. The van der Waals surface area contributed by atoms with Gasteiger partial charge < -0.3 is 5.73 Å². The minimum atomic E-state index is -3.54. The molecule has 1 aromatic rings. The van der Waals surface area contributed by atoms with Crippen molar-refractivity contribution >= 4 is 27.2 Å². The molecule has 0 spiro atoms. The summed E-state index contributed by atoms with van der Waals surface area (Å²) in [6.45, 7) is 2.67. The highest BCUT2D eigenvalue weighted by atomic mass is 32.2. The lowest BCUT2D eigenvalue weighted by Crippen LogP contribution is -2.44.